The summed E-state index contributed by atoms with van der Waals surface area (Å²) in [6, 6.07) is 16.8. The molecule has 0 N–H and O–H groups in total. The first-order valence-electron chi connectivity index (χ1n) is 8.91. The van der Waals surface area contributed by atoms with E-state index in [1.54, 1.807) is 30.2 Å². The number of nitriles is 1. The number of hydrogen-bond donors (Lipinski definition) is 0. The minimum Gasteiger partial charge on any atom is -0.497 e. The molecule has 1 aliphatic rings. The Bertz CT molecular complexity index is 1040. The Hall–Kier alpha value is -3.66. The van der Waals surface area contributed by atoms with Crippen molar-refractivity contribution in [3.05, 3.63) is 65.5 Å². The summed E-state index contributed by atoms with van der Waals surface area (Å²) in [6.45, 7) is 1.08. The van der Waals surface area contributed by atoms with Crippen LogP contribution in [-0.4, -0.2) is 34.6 Å². The predicted octanol–water partition coefficient (Wildman–Crippen LogP) is 3.13. The molecule has 140 valence electrons. The van der Waals surface area contributed by atoms with Gasteiger partial charge in [0.15, 0.2) is 5.82 Å². The second kappa shape index (κ2) is 7.53. The van der Waals surface area contributed by atoms with Gasteiger partial charge in [-0.15, -0.1) is 0 Å². The number of methoxy groups -OCH3 is 1. The highest BCUT2D eigenvalue weighted by atomic mass is 16.5. The van der Waals surface area contributed by atoms with E-state index in [2.05, 4.69) is 16.2 Å². The molecule has 0 aliphatic carbocycles. The Morgan fingerprint density at radius 3 is 2.86 bits per heavy atom. The maximum atomic E-state index is 12.4. The van der Waals surface area contributed by atoms with Crippen molar-refractivity contribution in [1.29, 1.82) is 5.26 Å². The van der Waals surface area contributed by atoms with Crippen LogP contribution in [0.3, 0.4) is 0 Å². The van der Waals surface area contributed by atoms with E-state index < -0.39 is 0 Å². The number of likely N-dealkylation sites (tertiary alicyclic amines) is 1. The number of rotatable bonds is 5. The minimum atomic E-state index is -0.109. The third-order valence-corrected chi connectivity index (χ3v) is 4.79. The van der Waals surface area contributed by atoms with Gasteiger partial charge >= 0.3 is 0 Å². The smallest absolute Gasteiger partial charge is 0.257 e. The molecule has 1 saturated heterocycles. The first-order chi connectivity index (χ1) is 13.7. The molecule has 1 aromatic heterocycles. The molecule has 1 unspecified atom stereocenters. The summed E-state index contributed by atoms with van der Waals surface area (Å²) in [5, 5.41) is 13.1. The van der Waals surface area contributed by atoms with E-state index in [0.717, 1.165) is 11.3 Å². The zero-order chi connectivity index (χ0) is 19.5. The highest BCUT2D eigenvalue weighted by Crippen LogP contribution is 2.29. The van der Waals surface area contributed by atoms with Crippen molar-refractivity contribution < 1.29 is 14.1 Å². The van der Waals surface area contributed by atoms with E-state index in [4.69, 9.17) is 14.5 Å². The standard InChI is InChI=1S/C21H18N4O3/c1-27-18-7-5-14(6-8-18)12-25-13-17(10-19(25)26)20-23-21(28-24-20)16-4-2-3-15(9-16)11-22/h2-9,17H,10,12-13H2,1H3. The van der Waals surface area contributed by atoms with Gasteiger partial charge in [-0.25, -0.2) is 0 Å². The zero-order valence-electron chi connectivity index (χ0n) is 15.3. The van der Waals surface area contributed by atoms with Crippen molar-refractivity contribution >= 4 is 5.91 Å². The number of ether oxygens (including phenoxy) is 1. The Kier molecular flexibility index (Phi) is 4.77. The summed E-state index contributed by atoms with van der Waals surface area (Å²) in [4.78, 5) is 18.7. The second-order valence-electron chi connectivity index (χ2n) is 6.67. The average molecular weight is 374 g/mol. The van der Waals surface area contributed by atoms with E-state index in [9.17, 15) is 4.79 Å². The molecule has 0 saturated carbocycles. The summed E-state index contributed by atoms with van der Waals surface area (Å²) in [6.07, 6.45) is 0.355. The van der Waals surface area contributed by atoms with Crippen molar-refractivity contribution in [3.8, 4) is 23.3 Å². The van der Waals surface area contributed by atoms with Crippen molar-refractivity contribution in [1.82, 2.24) is 15.0 Å². The summed E-state index contributed by atoms with van der Waals surface area (Å²) < 4.78 is 10.5. The van der Waals surface area contributed by atoms with Gasteiger partial charge in [0.25, 0.3) is 5.89 Å². The molecule has 2 heterocycles. The predicted molar refractivity (Wildman–Crippen MR) is 100 cm³/mol. The van der Waals surface area contributed by atoms with Gasteiger partial charge in [-0.3, -0.25) is 4.79 Å². The van der Waals surface area contributed by atoms with Gasteiger partial charge in [0.05, 0.1) is 18.7 Å². The molecular weight excluding hydrogens is 356 g/mol. The van der Waals surface area contributed by atoms with Crippen LogP contribution in [0.4, 0.5) is 0 Å². The summed E-state index contributed by atoms with van der Waals surface area (Å²) in [5.74, 6) is 1.62. The fourth-order valence-electron chi connectivity index (χ4n) is 3.29. The molecule has 2 aromatic carbocycles. The number of amides is 1. The van der Waals surface area contributed by atoms with Gasteiger partial charge in [-0.05, 0) is 35.9 Å². The van der Waals surface area contributed by atoms with Gasteiger partial charge in [0.1, 0.15) is 5.75 Å². The molecule has 7 heteroatoms. The molecule has 7 nitrogen and oxygen atoms in total. The Labute approximate surface area is 162 Å². The highest BCUT2D eigenvalue weighted by Gasteiger charge is 2.33. The molecule has 0 radical (unpaired) electrons. The number of hydrogen-bond acceptors (Lipinski definition) is 6. The number of carbonyl (C=O) groups is 1. The lowest BCUT2D eigenvalue weighted by Crippen LogP contribution is -2.24. The average Bonchev–Trinajstić information content (AvgIpc) is 3.36. The normalized spacial score (nSPS) is 16.2. The largest absolute Gasteiger partial charge is 0.497 e. The van der Waals surface area contributed by atoms with Crippen LogP contribution in [0.2, 0.25) is 0 Å². The van der Waals surface area contributed by atoms with Crippen molar-refractivity contribution in [2.75, 3.05) is 13.7 Å². The van der Waals surface area contributed by atoms with Crippen molar-refractivity contribution in [2.45, 2.75) is 18.9 Å². The first kappa shape index (κ1) is 17.7. The van der Waals surface area contributed by atoms with Crippen molar-refractivity contribution in [3.63, 3.8) is 0 Å². The molecule has 1 amide bonds. The lowest BCUT2D eigenvalue weighted by atomic mass is 10.1. The van der Waals surface area contributed by atoms with E-state index in [0.29, 0.717) is 42.4 Å². The molecule has 0 bridgehead atoms. The first-order valence-corrected chi connectivity index (χ1v) is 8.91. The van der Waals surface area contributed by atoms with Crippen LogP contribution in [0.25, 0.3) is 11.5 Å². The van der Waals surface area contributed by atoms with Gasteiger partial charge in [0, 0.05) is 31.0 Å². The van der Waals surface area contributed by atoms with E-state index >= 15 is 0 Å². The number of carbonyl (C=O) groups excluding carboxylic acids is 1. The van der Waals surface area contributed by atoms with Crippen LogP contribution in [-0.2, 0) is 11.3 Å². The van der Waals surface area contributed by atoms with E-state index in [1.807, 2.05) is 30.3 Å². The van der Waals surface area contributed by atoms with Gasteiger partial charge < -0.3 is 14.2 Å². The van der Waals surface area contributed by atoms with Crippen LogP contribution in [0.5, 0.6) is 5.75 Å². The number of benzene rings is 2. The second-order valence-corrected chi connectivity index (χ2v) is 6.67. The van der Waals surface area contributed by atoms with Crippen LogP contribution in [0.15, 0.2) is 53.1 Å². The molecule has 3 aromatic rings. The summed E-state index contributed by atoms with van der Waals surface area (Å²) in [7, 11) is 1.62. The highest BCUT2D eigenvalue weighted by molar-refractivity contribution is 5.79. The molecular formula is C21H18N4O3. The van der Waals surface area contributed by atoms with Gasteiger partial charge in [0.2, 0.25) is 5.91 Å². The van der Waals surface area contributed by atoms with Gasteiger partial charge in [-0.2, -0.15) is 10.2 Å². The Morgan fingerprint density at radius 2 is 2.11 bits per heavy atom. The number of nitrogens with zero attached hydrogens (tertiary/aromatic N) is 4. The fraction of sp³-hybridized carbons (Fsp3) is 0.238. The van der Waals surface area contributed by atoms with Crippen LogP contribution in [0, 0.1) is 11.3 Å². The maximum Gasteiger partial charge on any atom is 0.257 e. The van der Waals surface area contributed by atoms with Gasteiger partial charge in [-0.1, -0.05) is 23.4 Å². The molecule has 1 aliphatic heterocycles. The topological polar surface area (TPSA) is 92.2 Å². The van der Waals surface area contributed by atoms with Crippen LogP contribution >= 0.6 is 0 Å². The lowest BCUT2D eigenvalue weighted by molar-refractivity contribution is -0.128. The maximum absolute atomic E-state index is 12.4. The van der Waals surface area contributed by atoms with Crippen LogP contribution < -0.4 is 4.74 Å². The monoisotopic (exact) mass is 374 g/mol. The SMILES string of the molecule is COc1ccc(CN2CC(c3noc(-c4cccc(C#N)c4)n3)CC2=O)cc1. The molecule has 28 heavy (non-hydrogen) atoms. The minimum absolute atomic E-state index is 0.0682. The third-order valence-electron chi connectivity index (χ3n) is 4.79. The zero-order valence-corrected chi connectivity index (χ0v) is 15.3. The van der Waals surface area contributed by atoms with Crippen molar-refractivity contribution in [2.24, 2.45) is 0 Å². The quantitative estimate of drug-likeness (QED) is 0.681. The third kappa shape index (κ3) is 3.58. The van der Waals surface area contributed by atoms with E-state index in [-0.39, 0.29) is 11.8 Å². The Balaban J connectivity index is 1.46. The van der Waals surface area contributed by atoms with Crippen LogP contribution in [0.1, 0.15) is 29.3 Å². The van der Waals surface area contributed by atoms with E-state index in [1.165, 1.54) is 0 Å². The molecule has 4 rings (SSSR count). The molecule has 0 spiro atoms. The Morgan fingerprint density at radius 1 is 1.29 bits per heavy atom. The number of aromatic nitrogens is 2. The fourth-order valence-corrected chi connectivity index (χ4v) is 3.29. The summed E-state index contributed by atoms with van der Waals surface area (Å²) >= 11 is 0. The summed E-state index contributed by atoms with van der Waals surface area (Å²) in [5.41, 5.74) is 2.26. The lowest BCUT2D eigenvalue weighted by Gasteiger charge is -2.16. The molecule has 1 atom stereocenters. The molecule has 1 fully saturated rings.